The number of nitrogens with one attached hydrogen (secondary N) is 1. The van der Waals surface area contributed by atoms with E-state index < -0.39 is 0 Å². The van der Waals surface area contributed by atoms with E-state index in [0.29, 0.717) is 18.2 Å². The first kappa shape index (κ1) is 12.0. The van der Waals surface area contributed by atoms with Gasteiger partial charge in [0.25, 0.3) is 0 Å². The van der Waals surface area contributed by atoms with Gasteiger partial charge >= 0.3 is 0 Å². The zero-order chi connectivity index (χ0) is 12.4. The van der Waals surface area contributed by atoms with Crippen molar-refractivity contribution in [3.63, 3.8) is 0 Å². The third-order valence-electron chi connectivity index (χ3n) is 3.38. The molecule has 4 heteroatoms. The summed E-state index contributed by atoms with van der Waals surface area (Å²) in [6, 6.07) is 6.35. The van der Waals surface area contributed by atoms with E-state index in [1.54, 1.807) is 25.2 Å². The van der Waals surface area contributed by atoms with Crippen molar-refractivity contribution in [3.05, 3.63) is 30.1 Å². The van der Waals surface area contributed by atoms with Crippen LogP contribution in [-0.4, -0.2) is 26.0 Å². The van der Waals surface area contributed by atoms with Gasteiger partial charge in [-0.2, -0.15) is 0 Å². The molecule has 1 fully saturated rings. The molecule has 17 heavy (non-hydrogen) atoms. The Morgan fingerprint density at radius 1 is 1.41 bits per heavy atom. The highest BCUT2D eigenvalue weighted by Gasteiger charge is 2.32. The molecule has 1 amide bonds. The van der Waals surface area contributed by atoms with Gasteiger partial charge in [-0.05, 0) is 24.6 Å². The van der Waals surface area contributed by atoms with Gasteiger partial charge < -0.3 is 10.2 Å². The summed E-state index contributed by atoms with van der Waals surface area (Å²) in [5.41, 5.74) is 0.344. The zero-order valence-electron chi connectivity index (χ0n) is 10.1. The van der Waals surface area contributed by atoms with Crippen LogP contribution >= 0.6 is 0 Å². The van der Waals surface area contributed by atoms with Crippen LogP contribution < -0.4 is 10.2 Å². The third kappa shape index (κ3) is 2.31. The molecule has 0 aromatic heterocycles. The van der Waals surface area contributed by atoms with E-state index in [1.807, 2.05) is 6.92 Å². The van der Waals surface area contributed by atoms with Crippen LogP contribution in [0.5, 0.6) is 0 Å². The monoisotopic (exact) mass is 236 g/mol. The number of amides is 1. The second kappa shape index (κ2) is 4.84. The van der Waals surface area contributed by atoms with Gasteiger partial charge in [-0.1, -0.05) is 19.1 Å². The summed E-state index contributed by atoms with van der Waals surface area (Å²) >= 11 is 0. The highest BCUT2D eigenvalue weighted by molar-refractivity contribution is 5.95. The Morgan fingerprint density at radius 2 is 2.12 bits per heavy atom. The smallest absolute Gasteiger partial charge is 0.231 e. The Labute approximate surface area is 101 Å². The maximum atomic E-state index is 13.6. The fourth-order valence-electron chi connectivity index (χ4n) is 2.23. The molecule has 1 aromatic carbocycles. The lowest BCUT2D eigenvalue weighted by Crippen LogP contribution is -2.36. The molecule has 0 saturated carbocycles. The molecular weight excluding hydrogens is 219 g/mol. The minimum absolute atomic E-state index is 0.0207. The zero-order valence-corrected chi connectivity index (χ0v) is 10.1. The molecule has 1 heterocycles. The van der Waals surface area contributed by atoms with E-state index in [2.05, 4.69) is 5.32 Å². The summed E-state index contributed by atoms with van der Waals surface area (Å²) in [5, 5.41) is 3.18. The lowest BCUT2D eigenvalue weighted by Gasteiger charge is -2.23. The van der Waals surface area contributed by atoms with Crippen molar-refractivity contribution < 1.29 is 9.18 Å². The number of rotatable bonds is 2. The van der Waals surface area contributed by atoms with Gasteiger partial charge in [0.15, 0.2) is 0 Å². The largest absolute Gasteiger partial charge is 0.316 e. The van der Waals surface area contributed by atoms with Crippen LogP contribution in [0.25, 0.3) is 0 Å². The number of benzene rings is 1. The first-order valence-electron chi connectivity index (χ1n) is 5.84. The predicted octanol–water partition coefficient (Wildman–Crippen LogP) is 1.64. The van der Waals surface area contributed by atoms with E-state index in [-0.39, 0.29) is 17.6 Å². The summed E-state index contributed by atoms with van der Waals surface area (Å²) in [6.45, 7) is 3.57. The first-order valence-corrected chi connectivity index (χ1v) is 5.84. The van der Waals surface area contributed by atoms with Crippen molar-refractivity contribution in [2.24, 2.45) is 11.8 Å². The predicted molar refractivity (Wildman–Crippen MR) is 65.3 cm³/mol. The molecular formula is C13H17FN2O. The van der Waals surface area contributed by atoms with Crippen LogP contribution in [-0.2, 0) is 4.79 Å². The number of anilines is 1. The van der Waals surface area contributed by atoms with E-state index >= 15 is 0 Å². The molecule has 92 valence electrons. The number of nitrogens with zero attached hydrogens (tertiary/aromatic N) is 1. The number of para-hydroxylation sites is 1. The fourth-order valence-corrected chi connectivity index (χ4v) is 2.23. The number of carbonyl (C=O) groups is 1. The normalized spacial score (nSPS) is 23.7. The molecule has 1 aliphatic rings. The molecule has 2 unspecified atom stereocenters. The van der Waals surface area contributed by atoms with Gasteiger partial charge in [0.05, 0.1) is 11.6 Å². The van der Waals surface area contributed by atoms with Gasteiger partial charge in [-0.25, -0.2) is 4.39 Å². The van der Waals surface area contributed by atoms with E-state index in [0.717, 1.165) is 6.54 Å². The Bertz CT molecular complexity index is 422. The topological polar surface area (TPSA) is 32.3 Å². The summed E-state index contributed by atoms with van der Waals surface area (Å²) < 4.78 is 13.6. The molecule has 3 nitrogen and oxygen atoms in total. The summed E-state index contributed by atoms with van der Waals surface area (Å²) in [5.74, 6) is -0.133. The van der Waals surface area contributed by atoms with Crippen LogP contribution in [0.15, 0.2) is 24.3 Å². The minimum Gasteiger partial charge on any atom is -0.316 e. The van der Waals surface area contributed by atoms with Crippen LogP contribution in [0.3, 0.4) is 0 Å². The highest BCUT2D eigenvalue weighted by atomic mass is 19.1. The van der Waals surface area contributed by atoms with Gasteiger partial charge in [-0.3, -0.25) is 4.79 Å². The maximum Gasteiger partial charge on any atom is 0.231 e. The number of carbonyl (C=O) groups excluding carboxylic acids is 1. The molecule has 0 aliphatic carbocycles. The second-order valence-corrected chi connectivity index (χ2v) is 4.59. The van der Waals surface area contributed by atoms with Crippen molar-refractivity contribution >= 4 is 11.6 Å². The Morgan fingerprint density at radius 3 is 2.71 bits per heavy atom. The number of hydrogen-bond acceptors (Lipinski definition) is 2. The average Bonchev–Trinajstić information content (AvgIpc) is 2.74. The lowest BCUT2D eigenvalue weighted by atomic mass is 9.96. The van der Waals surface area contributed by atoms with E-state index in [1.165, 1.54) is 11.0 Å². The molecule has 2 rings (SSSR count). The minimum atomic E-state index is -0.359. The van der Waals surface area contributed by atoms with Crippen molar-refractivity contribution in [2.45, 2.75) is 6.92 Å². The molecule has 0 bridgehead atoms. The number of hydrogen-bond donors (Lipinski definition) is 1. The Balaban J connectivity index is 2.17. The standard InChI is InChI=1S/C13H17FN2O/c1-9-7-15-8-10(9)13(17)16(2)12-6-4-3-5-11(12)14/h3-6,9-10,15H,7-8H2,1-2H3. The molecule has 1 N–H and O–H groups in total. The van der Waals surface area contributed by atoms with Crippen LogP contribution in [0.1, 0.15) is 6.92 Å². The Kier molecular flexibility index (Phi) is 3.43. The van der Waals surface area contributed by atoms with Gasteiger partial charge in [-0.15, -0.1) is 0 Å². The van der Waals surface area contributed by atoms with Crippen LogP contribution in [0.4, 0.5) is 10.1 Å². The molecule has 1 saturated heterocycles. The van der Waals surface area contributed by atoms with Crippen molar-refractivity contribution in [3.8, 4) is 0 Å². The van der Waals surface area contributed by atoms with E-state index in [9.17, 15) is 9.18 Å². The number of halogens is 1. The van der Waals surface area contributed by atoms with Crippen molar-refractivity contribution in [2.75, 3.05) is 25.0 Å². The Hall–Kier alpha value is -1.42. The summed E-state index contributed by atoms with van der Waals surface area (Å²) in [4.78, 5) is 13.6. The van der Waals surface area contributed by atoms with Crippen molar-refractivity contribution in [1.82, 2.24) is 5.32 Å². The summed E-state index contributed by atoms with van der Waals surface area (Å²) in [7, 11) is 1.63. The quantitative estimate of drug-likeness (QED) is 0.846. The van der Waals surface area contributed by atoms with Gasteiger partial charge in [0.1, 0.15) is 5.82 Å². The molecule has 0 spiro atoms. The first-order chi connectivity index (χ1) is 8.11. The molecule has 0 radical (unpaired) electrons. The fraction of sp³-hybridized carbons (Fsp3) is 0.462. The second-order valence-electron chi connectivity index (χ2n) is 4.59. The van der Waals surface area contributed by atoms with Crippen molar-refractivity contribution in [1.29, 1.82) is 0 Å². The SMILES string of the molecule is CC1CNCC1C(=O)N(C)c1ccccc1F. The highest BCUT2D eigenvalue weighted by Crippen LogP contribution is 2.23. The summed E-state index contributed by atoms with van der Waals surface area (Å²) in [6.07, 6.45) is 0. The van der Waals surface area contributed by atoms with Crippen LogP contribution in [0, 0.1) is 17.7 Å². The molecule has 2 atom stereocenters. The van der Waals surface area contributed by atoms with Gasteiger partial charge in [0.2, 0.25) is 5.91 Å². The van der Waals surface area contributed by atoms with E-state index in [4.69, 9.17) is 0 Å². The van der Waals surface area contributed by atoms with Crippen LogP contribution in [0.2, 0.25) is 0 Å². The molecule has 1 aromatic rings. The average molecular weight is 236 g/mol. The third-order valence-corrected chi connectivity index (χ3v) is 3.38. The molecule has 1 aliphatic heterocycles. The maximum absolute atomic E-state index is 13.6. The lowest BCUT2D eigenvalue weighted by molar-refractivity contribution is -0.122. The van der Waals surface area contributed by atoms with Gasteiger partial charge in [0, 0.05) is 13.6 Å².